The summed E-state index contributed by atoms with van der Waals surface area (Å²) in [6, 6.07) is 2.86. The standard InChI is InChI=1S/C12H7Cl3N2O2/c1-6-4-17-10(5-16-6)12(18)19-11-8(14)2-7(13)3-9(11)15/h2-5H,1H3. The fraction of sp³-hybridized carbons (Fsp3) is 0.0833. The Bertz CT molecular complexity index is 606. The average Bonchev–Trinajstić information content (AvgIpc) is 2.34. The van der Waals surface area contributed by atoms with Gasteiger partial charge in [0.2, 0.25) is 0 Å². The van der Waals surface area contributed by atoms with Gasteiger partial charge in [0, 0.05) is 11.2 Å². The van der Waals surface area contributed by atoms with Crippen LogP contribution >= 0.6 is 34.8 Å². The van der Waals surface area contributed by atoms with Gasteiger partial charge in [-0.25, -0.2) is 9.78 Å². The van der Waals surface area contributed by atoms with Crippen LogP contribution in [0.15, 0.2) is 24.5 Å². The lowest BCUT2D eigenvalue weighted by molar-refractivity contribution is 0.0728. The maximum atomic E-state index is 11.8. The third-order valence-corrected chi connectivity index (χ3v) is 2.93. The first-order valence-electron chi connectivity index (χ1n) is 5.12. The van der Waals surface area contributed by atoms with E-state index in [1.807, 2.05) is 0 Å². The third-order valence-electron chi connectivity index (χ3n) is 2.15. The second-order valence-corrected chi connectivity index (χ2v) is 4.88. The van der Waals surface area contributed by atoms with Gasteiger partial charge in [0.15, 0.2) is 11.4 Å². The molecule has 0 N–H and O–H groups in total. The second-order valence-electron chi connectivity index (χ2n) is 3.63. The molecule has 19 heavy (non-hydrogen) atoms. The van der Waals surface area contributed by atoms with Gasteiger partial charge in [-0.2, -0.15) is 0 Å². The lowest BCUT2D eigenvalue weighted by Gasteiger charge is -2.08. The number of carbonyl (C=O) groups is 1. The molecule has 0 unspecified atom stereocenters. The SMILES string of the molecule is Cc1cnc(C(=O)Oc2c(Cl)cc(Cl)cc2Cl)cn1. The van der Waals surface area contributed by atoms with Gasteiger partial charge in [0.05, 0.1) is 21.9 Å². The van der Waals surface area contributed by atoms with E-state index in [0.29, 0.717) is 10.7 Å². The van der Waals surface area contributed by atoms with Crippen LogP contribution in [0.25, 0.3) is 0 Å². The summed E-state index contributed by atoms with van der Waals surface area (Å²) < 4.78 is 5.09. The molecule has 1 aromatic carbocycles. The number of aryl methyl sites for hydroxylation is 1. The van der Waals surface area contributed by atoms with E-state index in [-0.39, 0.29) is 21.5 Å². The smallest absolute Gasteiger partial charge is 0.364 e. The van der Waals surface area contributed by atoms with E-state index in [4.69, 9.17) is 39.5 Å². The van der Waals surface area contributed by atoms with Crippen molar-refractivity contribution in [2.24, 2.45) is 0 Å². The van der Waals surface area contributed by atoms with Crippen LogP contribution in [-0.4, -0.2) is 15.9 Å². The minimum Gasteiger partial charge on any atom is -0.419 e. The first-order valence-corrected chi connectivity index (χ1v) is 6.26. The van der Waals surface area contributed by atoms with Crippen LogP contribution in [0.1, 0.15) is 16.2 Å². The van der Waals surface area contributed by atoms with E-state index in [2.05, 4.69) is 9.97 Å². The summed E-state index contributed by atoms with van der Waals surface area (Å²) in [5.41, 5.74) is 0.756. The molecule has 0 atom stereocenters. The topological polar surface area (TPSA) is 52.1 Å². The van der Waals surface area contributed by atoms with Gasteiger partial charge in [-0.15, -0.1) is 0 Å². The Kier molecular flexibility index (Phi) is 4.24. The molecule has 0 radical (unpaired) electrons. The molecule has 0 saturated heterocycles. The predicted octanol–water partition coefficient (Wildman–Crippen LogP) is 3.96. The van der Waals surface area contributed by atoms with Crippen LogP contribution in [-0.2, 0) is 0 Å². The summed E-state index contributed by atoms with van der Waals surface area (Å²) in [6.07, 6.45) is 2.77. The number of rotatable bonds is 2. The van der Waals surface area contributed by atoms with Crippen molar-refractivity contribution in [2.75, 3.05) is 0 Å². The first-order chi connectivity index (χ1) is 8.97. The molecular formula is C12H7Cl3N2O2. The molecule has 0 amide bonds. The highest BCUT2D eigenvalue weighted by Gasteiger charge is 2.16. The molecule has 1 aromatic heterocycles. The van der Waals surface area contributed by atoms with E-state index >= 15 is 0 Å². The minimum atomic E-state index is -0.696. The van der Waals surface area contributed by atoms with Crippen molar-refractivity contribution >= 4 is 40.8 Å². The number of hydrogen-bond acceptors (Lipinski definition) is 4. The van der Waals surface area contributed by atoms with E-state index in [1.54, 1.807) is 6.92 Å². The van der Waals surface area contributed by atoms with Crippen molar-refractivity contribution in [3.05, 3.63) is 51.0 Å². The fourth-order valence-electron chi connectivity index (χ4n) is 1.27. The van der Waals surface area contributed by atoms with Crippen LogP contribution in [0.3, 0.4) is 0 Å². The summed E-state index contributed by atoms with van der Waals surface area (Å²) in [4.78, 5) is 19.7. The molecule has 0 bridgehead atoms. The maximum absolute atomic E-state index is 11.8. The Morgan fingerprint density at radius 1 is 1.11 bits per heavy atom. The molecule has 7 heteroatoms. The summed E-state index contributed by atoms with van der Waals surface area (Å²) in [7, 11) is 0. The Hall–Kier alpha value is -1.36. The zero-order chi connectivity index (χ0) is 14.0. The van der Waals surface area contributed by atoms with E-state index in [0.717, 1.165) is 0 Å². The minimum absolute atomic E-state index is 0.0418. The summed E-state index contributed by atoms with van der Waals surface area (Å²) >= 11 is 17.6. The molecule has 0 fully saturated rings. The number of benzene rings is 1. The molecule has 98 valence electrons. The molecule has 2 rings (SSSR count). The average molecular weight is 318 g/mol. The number of nitrogens with zero attached hydrogens (tertiary/aromatic N) is 2. The van der Waals surface area contributed by atoms with Crippen LogP contribution in [0.2, 0.25) is 15.1 Å². The van der Waals surface area contributed by atoms with Gasteiger partial charge >= 0.3 is 5.97 Å². The Labute approximate surface area is 124 Å². The van der Waals surface area contributed by atoms with E-state index < -0.39 is 5.97 Å². The van der Waals surface area contributed by atoms with Crippen molar-refractivity contribution in [2.45, 2.75) is 6.92 Å². The van der Waals surface area contributed by atoms with Crippen molar-refractivity contribution < 1.29 is 9.53 Å². The number of aromatic nitrogens is 2. The van der Waals surface area contributed by atoms with Crippen LogP contribution in [0, 0.1) is 6.92 Å². The van der Waals surface area contributed by atoms with Crippen molar-refractivity contribution in [1.29, 1.82) is 0 Å². The number of carbonyl (C=O) groups excluding carboxylic acids is 1. The first kappa shape index (κ1) is 14.1. The zero-order valence-corrected chi connectivity index (χ0v) is 11.9. The van der Waals surface area contributed by atoms with Gasteiger partial charge in [-0.05, 0) is 19.1 Å². The van der Waals surface area contributed by atoms with Gasteiger partial charge in [-0.3, -0.25) is 4.98 Å². The highest BCUT2D eigenvalue weighted by molar-refractivity contribution is 6.40. The van der Waals surface area contributed by atoms with Crippen LogP contribution in [0.5, 0.6) is 5.75 Å². The highest BCUT2D eigenvalue weighted by atomic mass is 35.5. The lowest BCUT2D eigenvalue weighted by atomic mass is 10.3. The summed E-state index contributed by atoms with van der Waals surface area (Å²) in [5, 5.41) is 0.641. The van der Waals surface area contributed by atoms with Gasteiger partial charge < -0.3 is 4.74 Å². The molecule has 0 spiro atoms. The second kappa shape index (κ2) is 5.74. The van der Waals surface area contributed by atoms with E-state index in [9.17, 15) is 4.79 Å². The number of hydrogen-bond donors (Lipinski definition) is 0. The monoisotopic (exact) mass is 316 g/mol. The third kappa shape index (κ3) is 3.35. The van der Waals surface area contributed by atoms with Crippen molar-refractivity contribution in [1.82, 2.24) is 9.97 Å². The lowest BCUT2D eigenvalue weighted by Crippen LogP contribution is -2.11. The Morgan fingerprint density at radius 2 is 1.74 bits per heavy atom. The number of halogens is 3. The molecule has 0 aliphatic heterocycles. The number of ether oxygens (including phenoxy) is 1. The number of esters is 1. The normalized spacial score (nSPS) is 10.3. The van der Waals surface area contributed by atoms with Crippen LogP contribution in [0.4, 0.5) is 0 Å². The predicted molar refractivity (Wildman–Crippen MR) is 73.2 cm³/mol. The van der Waals surface area contributed by atoms with Gasteiger partial charge in [0.25, 0.3) is 0 Å². The van der Waals surface area contributed by atoms with Crippen LogP contribution < -0.4 is 4.74 Å². The molecule has 0 saturated carbocycles. The quantitative estimate of drug-likeness (QED) is 0.621. The molecule has 0 aliphatic carbocycles. The molecule has 1 heterocycles. The van der Waals surface area contributed by atoms with Crippen molar-refractivity contribution in [3.63, 3.8) is 0 Å². The Morgan fingerprint density at radius 3 is 2.26 bits per heavy atom. The molecule has 0 aliphatic rings. The maximum Gasteiger partial charge on any atom is 0.364 e. The van der Waals surface area contributed by atoms with Gasteiger partial charge in [0.1, 0.15) is 0 Å². The molecular weight excluding hydrogens is 311 g/mol. The summed E-state index contributed by atoms with van der Waals surface area (Å²) in [6.45, 7) is 1.76. The van der Waals surface area contributed by atoms with Crippen molar-refractivity contribution in [3.8, 4) is 5.75 Å². The van der Waals surface area contributed by atoms with Gasteiger partial charge in [-0.1, -0.05) is 34.8 Å². The zero-order valence-electron chi connectivity index (χ0n) is 9.65. The molecule has 4 nitrogen and oxygen atoms in total. The fourth-order valence-corrected chi connectivity index (χ4v) is 2.16. The largest absolute Gasteiger partial charge is 0.419 e. The van der Waals surface area contributed by atoms with E-state index in [1.165, 1.54) is 24.5 Å². The summed E-state index contributed by atoms with van der Waals surface area (Å²) in [5.74, 6) is -0.654. The Balaban J connectivity index is 2.26. The molecule has 2 aromatic rings. The highest BCUT2D eigenvalue weighted by Crippen LogP contribution is 2.36.